The van der Waals surface area contributed by atoms with Crippen molar-refractivity contribution in [2.45, 2.75) is 32.5 Å². The molecule has 2 rings (SSSR count). The number of hydrogen-bond donors (Lipinski definition) is 2. The molecule has 0 saturated heterocycles. The van der Waals surface area contributed by atoms with Crippen molar-refractivity contribution in [3.63, 3.8) is 0 Å². The molecule has 1 aromatic rings. The summed E-state index contributed by atoms with van der Waals surface area (Å²) in [6, 6.07) is 7.56. The third-order valence-corrected chi connectivity index (χ3v) is 5.39. The van der Waals surface area contributed by atoms with Gasteiger partial charge in [-0.1, -0.05) is 34.1 Å². The van der Waals surface area contributed by atoms with E-state index in [0.29, 0.717) is 45.8 Å². The molecule has 0 aliphatic carbocycles. The van der Waals surface area contributed by atoms with Crippen molar-refractivity contribution in [3.05, 3.63) is 46.5 Å². The van der Waals surface area contributed by atoms with Crippen LogP contribution in [0.2, 0.25) is 0 Å². The van der Waals surface area contributed by atoms with Crippen molar-refractivity contribution in [1.82, 2.24) is 15.5 Å². The van der Waals surface area contributed by atoms with E-state index in [1.165, 1.54) is 12.2 Å². The summed E-state index contributed by atoms with van der Waals surface area (Å²) in [5, 5.41) is 5.39. The molecule has 186 valence electrons. The van der Waals surface area contributed by atoms with Crippen LogP contribution in [0, 0.1) is 0 Å². The largest absolute Gasteiger partial charge is 0.450 e. The minimum absolute atomic E-state index is 0.0442. The highest BCUT2D eigenvalue weighted by Crippen LogP contribution is 2.27. The number of imide groups is 1. The summed E-state index contributed by atoms with van der Waals surface area (Å²) in [6.07, 6.45) is 2.48. The number of nitrogens with one attached hydrogen (secondary N) is 2. The Morgan fingerprint density at radius 2 is 1.62 bits per heavy atom. The molecule has 0 fully saturated rings. The highest BCUT2D eigenvalue weighted by molar-refractivity contribution is 9.10. The smallest absolute Gasteiger partial charge is 0.407 e. The van der Waals surface area contributed by atoms with Gasteiger partial charge < -0.3 is 24.8 Å². The first-order valence-corrected chi connectivity index (χ1v) is 11.9. The van der Waals surface area contributed by atoms with Gasteiger partial charge in [-0.2, -0.15) is 0 Å². The fourth-order valence-corrected chi connectivity index (χ4v) is 3.44. The molecule has 1 aromatic carbocycles. The lowest BCUT2D eigenvalue weighted by Crippen LogP contribution is -2.35. The summed E-state index contributed by atoms with van der Waals surface area (Å²) in [4.78, 5) is 47.3. The van der Waals surface area contributed by atoms with Crippen LogP contribution < -0.4 is 10.6 Å². The van der Waals surface area contributed by atoms with Crippen molar-refractivity contribution in [2.75, 3.05) is 39.5 Å². The fourth-order valence-electron chi connectivity index (χ4n) is 2.97. The minimum Gasteiger partial charge on any atom is -0.450 e. The van der Waals surface area contributed by atoms with Crippen LogP contribution in [0.5, 0.6) is 0 Å². The van der Waals surface area contributed by atoms with E-state index in [2.05, 4.69) is 26.6 Å². The van der Waals surface area contributed by atoms with Gasteiger partial charge in [0.1, 0.15) is 0 Å². The van der Waals surface area contributed by atoms with Crippen LogP contribution >= 0.6 is 15.9 Å². The van der Waals surface area contributed by atoms with Crippen molar-refractivity contribution in [3.8, 4) is 0 Å². The summed E-state index contributed by atoms with van der Waals surface area (Å²) in [5.41, 5.74) is 0.832. The molecule has 0 radical (unpaired) electrons. The number of amides is 4. The highest BCUT2D eigenvalue weighted by atomic mass is 79.9. The number of carbonyl (C=O) groups excluding carboxylic acids is 4. The Morgan fingerprint density at radius 3 is 2.24 bits per heavy atom. The summed E-state index contributed by atoms with van der Waals surface area (Å²) in [6.45, 7) is 3.60. The Kier molecular flexibility index (Phi) is 12.3. The number of halogens is 1. The fraction of sp³-hybridized carbons (Fsp3) is 0.478. The number of benzene rings is 1. The van der Waals surface area contributed by atoms with Crippen LogP contribution in [0.1, 0.15) is 38.0 Å². The summed E-state index contributed by atoms with van der Waals surface area (Å²) < 4.78 is 17.4. The molecular formula is C23H30BrN3O7. The highest BCUT2D eigenvalue weighted by Gasteiger charge is 2.23. The number of rotatable bonds is 15. The molecule has 1 unspecified atom stereocenters. The van der Waals surface area contributed by atoms with E-state index in [-0.39, 0.29) is 18.9 Å². The maximum absolute atomic E-state index is 12.0. The van der Waals surface area contributed by atoms with E-state index in [4.69, 9.17) is 14.2 Å². The van der Waals surface area contributed by atoms with Crippen molar-refractivity contribution >= 4 is 39.7 Å². The zero-order valence-electron chi connectivity index (χ0n) is 19.1. The molecule has 0 bridgehead atoms. The summed E-state index contributed by atoms with van der Waals surface area (Å²) in [7, 11) is 0. The number of hydrogen-bond acceptors (Lipinski definition) is 7. The molecule has 0 saturated carbocycles. The van der Waals surface area contributed by atoms with Crippen LogP contribution in [0.3, 0.4) is 0 Å². The third-order valence-electron chi connectivity index (χ3n) is 4.67. The van der Waals surface area contributed by atoms with Gasteiger partial charge in [0.2, 0.25) is 5.91 Å². The van der Waals surface area contributed by atoms with Gasteiger partial charge in [-0.05, 0) is 25.8 Å². The molecule has 0 aromatic heterocycles. The van der Waals surface area contributed by atoms with Gasteiger partial charge in [0, 0.05) is 48.2 Å². The number of nitrogens with zero attached hydrogens (tertiary/aromatic N) is 1. The number of ether oxygens (including phenoxy) is 3. The first kappa shape index (κ1) is 27.5. The monoisotopic (exact) mass is 539 g/mol. The minimum atomic E-state index is -0.617. The van der Waals surface area contributed by atoms with Crippen LogP contribution in [-0.2, 0) is 28.6 Å². The SMILES string of the molecule is CCOC(=O)NCCCOC(OCCCNC(=O)CCN1C(=O)C=CC1=O)c1ccccc1Br. The van der Waals surface area contributed by atoms with Gasteiger partial charge in [0.25, 0.3) is 11.8 Å². The first-order chi connectivity index (χ1) is 16.4. The lowest BCUT2D eigenvalue weighted by Gasteiger charge is -2.20. The predicted molar refractivity (Wildman–Crippen MR) is 127 cm³/mol. The molecule has 1 atom stereocenters. The predicted octanol–water partition coefficient (Wildman–Crippen LogP) is 2.44. The molecule has 4 amide bonds. The summed E-state index contributed by atoms with van der Waals surface area (Å²) in [5.74, 6) is -1.05. The van der Waals surface area contributed by atoms with E-state index in [9.17, 15) is 19.2 Å². The standard InChI is InChI=1S/C23H30BrN3O7/c1-2-32-23(31)26-13-6-16-34-22(17-7-3-4-8-18(17)24)33-15-5-12-25-19(28)11-14-27-20(29)9-10-21(27)30/h3-4,7-10,22H,2,5-6,11-16H2,1H3,(H,25,28)(H,26,31). The van der Waals surface area contributed by atoms with Crippen molar-refractivity contribution in [1.29, 1.82) is 0 Å². The van der Waals surface area contributed by atoms with E-state index in [1.54, 1.807) is 6.92 Å². The molecule has 34 heavy (non-hydrogen) atoms. The van der Waals surface area contributed by atoms with Gasteiger partial charge in [0.05, 0.1) is 19.8 Å². The topological polar surface area (TPSA) is 123 Å². The van der Waals surface area contributed by atoms with Gasteiger partial charge >= 0.3 is 6.09 Å². The Bertz CT molecular complexity index is 860. The third kappa shape index (κ3) is 9.62. The van der Waals surface area contributed by atoms with Gasteiger partial charge in [0.15, 0.2) is 6.29 Å². The molecule has 10 nitrogen and oxygen atoms in total. The zero-order valence-corrected chi connectivity index (χ0v) is 20.7. The van der Waals surface area contributed by atoms with Gasteiger partial charge in [-0.25, -0.2) is 4.79 Å². The molecule has 1 heterocycles. The molecule has 11 heteroatoms. The quantitative estimate of drug-likeness (QED) is 0.199. The van der Waals surface area contributed by atoms with Crippen molar-refractivity contribution in [2.24, 2.45) is 0 Å². The Hall–Kier alpha value is -2.76. The summed E-state index contributed by atoms with van der Waals surface area (Å²) >= 11 is 3.50. The Morgan fingerprint density at radius 1 is 1.00 bits per heavy atom. The first-order valence-electron chi connectivity index (χ1n) is 11.1. The van der Waals surface area contributed by atoms with Gasteiger partial charge in [-0.15, -0.1) is 0 Å². The molecule has 0 spiro atoms. The second-order valence-electron chi connectivity index (χ2n) is 7.21. The Labute approximate surface area is 207 Å². The average Bonchev–Trinajstić information content (AvgIpc) is 3.13. The molecular weight excluding hydrogens is 510 g/mol. The Balaban J connectivity index is 1.69. The van der Waals surface area contributed by atoms with E-state index < -0.39 is 24.2 Å². The van der Waals surface area contributed by atoms with Crippen LogP contribution in [0.15, 0.2) is 40.9 Å². The maximum Gasteiger partial charge on any atom is 0.407 e. The molecule has 2 N–H and O–H groups in total. The normalized spacial score (nSPS) is 13.8. The van der Waals surface area contributed by atoms with Crippen molar-refractivity contribution < 1.29 is 33.4 Å². The van der Waals surface area contributed by atoms with Gasteiger partial charge in [-0.3, -0.25) is 19.3 Å². The van der Waals surface area contributed by atoms with E-state index in [1.807, 2.05) is 24.3 Å². The number of alkyl carbamates (subject to hydrolysis) is 1. The molecule has 1 aliphatic heterocycles. The van der Waals surface area contributed by atoms with Crippen LogP contribution in [0.4, 0.5) is 4.79 Å². The maximum atomic E-state index is 12.0. The second kappa shape index (κ2) is 15.2. The molecule has 1 aliphatic rings. The average molecular weight is 540 g/mol. The lowest BCUT2D eigenvalue weighted by molar-refractivity contribution is -0.148. The zero-order chi connectivity index (χ0) is 24.8. The van der Waals surface area contributed by atoms with Crippen LogP contribution in [-0.4, -0.2) is 68.2 Å². The second-order valence-corrected chi connectivity index (χ2v) is 8.07. The number of carbonyl (C=O) groups is 4. The van der Waals surface area contributed by atoms with E-state index >= 15 is 0 Å². The van der Waals surface area contributed by atoms with E-state index in [0.717, 1.165) is 14.9 Å². The van der Waals surface area contributed by atoms with Crippen LogP contribution in [0.25, 0.3) is 0 Å². The lowest BCUT2D eigenvalue weighted by atomic mass is 10.2.